The molecule has 0 spiro atoms. The first kappa shape index (κ1) is 59.3. The van der Waals surface area contributed by atoms with Gasteiger partial charge in [0.15, 0.2) is 36.2 Å². The highest BCUT2D eigenvalue weighted by molar-refractivity contribution is 6.24. The number of methoxy groups -OCH3 is 5. The van der Waals surface area contributed by atoms with Gasteiger partial charge in [-0.1, -0.05) is 44.0 Å². The van der Waals surface area contributed by atoms with Crippen LogP contribution in [-0.2, 0) is 39.9 Å². The molecule has 3 N–H and O–H groups in total. The third-order valence-corrected chi connectivity index (χ3v) is 14.4. The Bertz CT molecular complexity index is 2870. The Labute approximate surface area is 465 Å². The molecule has 80 heavy (non-hydrogen) atoms. The van der Waals surface area contributed by atoms with E-state index in [9.17, 15) is 38.4 Å². The number of nitrogens with zero attached hydrogens (tertiary/aromatic N) is 2. The SMILES string of the molecule is CC[C@@H](C(=O)N1CCCC[C@@H]1C(=O)O[C@@H](CCc1ccc(OC)c(OC)c1)c1ccc(OCC(=O)NCCCCCCNC(=O)COc2cccc3c2C(=O)N(C2CCC(=O)NC2=O)C3=O)cc1)c1cc(OC)c(OC)c(OC)c1. The van der Waals surface area contributed by atoms with E-state index in [0.717, 1.165) is 36.1 Å². The van der Waals surface area contributed by atoms with Gasteiger partial charge < -0.3 is 53.4 Å². The van der Waals surface area contributed by atoms with Gasteiger partial charge in [-0.3, -0.25) is 43.8 Å². The van der Waals surface area contributed by atoms with Crippen molar-refractivity contribution in [3.05, 3.63) is 101 Å². The van der Waals surface area contributed by atoms with Gasteiger partial charge >= 0.3 is 5.97 Å². The van der Waals surface area contributed by atoms with Crippen LogP contribution in [-0.4, -0.2) is 138 Å². The maximum Gasteiger partial charge on any atom is 0.329 e. The highest BCUT2D eigenvalue weighted by atomic mass is 16.5. The number of rotatable bonds is 28. The van der Waals surface area contributed by atoms with Crippen molar-refractivity contribution in [1.29, 1.82) is 0 Å². The Morgan fingerprint density at radius 3 is 1.96 bits per heavy atom. The lowest BCUT2D eigenvalue weighted by Crippen LogP contribution is -2.54. The van der Waals surface area contributed by atoms with Gasteiger partial charge in [-0.2, -0.15) is 0 Å². The summed E-state index contributed by atoms with van der Waals surface area (Å²) in [5, 5.41) is 7.81. The van der Waals surface area contributed by atoms with Crippen LogP contribution in [0.1, 0.15) is 127 Å². The predicted molar refractivity (Wildman–Crippen MR) is 290 cm³/mol. The zero-order valence-electron chi connectivity index (χ0n) is 46.2. The minimum Gasteiger partial charge on any atom is -0.493 e. The van der Waals surface area contributed by atoms with Crippen LogP contribution in [0.2, 0.25) is 0 Å². The van der Waals surface area contributed by atoms with Gasteiger partial charge in [-0.05, 0) is 123 Å². The number of esters is 1. The van der Waals surface area contributed by atoms with Crippen molar-refractivity contribution < 1.29 is 76.3 Å². The standard InChI is InChI=1S/C59H71N5O16/c1-7-40(38-32-48(75-4)54(77-6)49(33-38)76-5)56(69)63-30-13-10-16-43(63)59(72)80-44(25-18-36-19-26-45(73-2)47(31-36)74-3)37-20-22-39(23-21-37)78-34-51(66)60-28-11-8-9-12-29-61-52(67)35-79-46-17-14-15-41-53(46)58(71)64(57(41)70)42-24-27-50(65)62-55(42)68/h14-15,17,19-23,26,31-33,40,42-44H,7-13,16,18,24-25,27-30,34-35H2,1-6H3,(H,60,66)(H,61,67)(H,62,65,68)/t40-,42?,43-,44+/m1/s1. The number of unbranched alkanes of at least 4 members (excludes halogenated alkanes) is 3. The number of ether oxygens (including phenoxy) is 8. The van der Waals surface area contributed by atoms with E-state index in [2.05, 4.69) is 16.0 Å². The van der Waals surface area contributed by atoms with Crippen molar-refractivity contribution in [2.45, 2.75) is 108 Å². The average molecular weight is 1110 g/mol. The minimum absolute atomic E-state index is 0.00643. The number of hydrogen-bond donors (Lipinski definition) is 3. The summed E-state index contributed by atoms with van der Waals surface area (Å²) < 4.78 is 45.6. The predicted octanol–water partition coefficient (Wildman–Crippen LogP) is 6.17. The number of imide groups is 2. The Morgan fingerprint density at radius 1 is 0.675 bits per heavy atom. The third kappa shape index (κ3) is 14.5. The first-order valence-electron chi connectivity index (χ1n) is 27.0. The number of fused-ring (bicyclic) bond motifs is 1. The fourth-order valence-corrected chi connectivity index (χ4v) is 10.2. The quantitative estimate of drug-likeness (QED) is 0.0326. The Balaban J connectivity index is 0.867. The summed E-state index contributed by atoms with van der Waals surface area (Å²) in [7, 11) is 7.70. The van der Waals surface area contributed by atoms with Crippen LogP contribution in [0, 0.1) is 0 Å². The highest BCUT2D eigenvalue weighted by Gasteiger charge is 2.46. The molecule has 2 saturated heterocycles. The molecule has 2 fully saturated rings. The molecule has 0 bridgehead atoms. The number of amides is 7. The third-order valence-electron chi connectivity index (χ3n) is 14.4. The van der Waals surface area contributed by atoms with Crippen molar-refractivity contribution in [3.63, 3.8) is 0 Å². The monoisotopic (exact) mass is 1110 g/mol. The van der Waals surface area contributed by atoms with Crippen LogP contribution in [0.4, 0.5) is 0 Å². The number of likely N-dealkylation sites (tertiary alicyclic amines) is 1. The summed E-state index contributed by atoms with van der Waals surface area (Å²) >= 11 is 0. The largest absolute Gasteiger partial charge is 0.493 e. The first-order valence-corrected chi connectivity index (χ1v) is 27.0. The molecule has 21 nitrogen and oxygen atoms in total. The number of carbonyl (C=O) groups is 8. The van der Waals surface area contributed by atoms with E-state index in [1.165, 1.54) is 39.5 Å². The van der Waals surface area contributed by atoms with Crippen LogP contribution >= 0.6 is 0 Å². The van der Waals surface area contributed by atoms with Gasteiger partial charge in [0.2, 0.25) is 23.5 Å². The van der Waals surface area contributed by atoms with Crippen molar-refractivity contribution in [3.8, 4) is 40.2 Å². The molecule has 4 aromatic carbocycles. The molecule has 1 unspecified atom stereocenters. The molecule has 0 aromatic heterocycles. The number of hydrogen-bond acceptors (Lipinski definition) is 16. The second-order valence-corrected chi connectivity index (χ2v) is 19.5. The van der Waals surface area contributed by atoms with E-state index in [0.29, 0.717) is 104 Å². The van der Waals surface area contributed by atoms with Crippen LogP contribution in [0.25, 0.3) is 0 Å². The molecule has 4 aromatic rings. The van der Waals surface area contributed by atoms with Crippen LogP contribution in [0.3, 0.4) is 0 Å². The molecule has 7 amide bonds. The molecule has 0 aliphatic carbocycles. The molecular weight excluding hydrogens is 1030 g/mol. The van der Waals surface area contributed by atoms with E-state index >= 15 is 0 Å². The van der Waals surface area contributed by atoms with E-state index in [1.807, 2.05) is 25.1 Å². The maximum absolute atomic E-state index is 14.5. The summed E-state index contributed by atoms with van der Waals surface area (Å²) in [5.41, 5.74) is 2.33. The molecular formula is C59H71N5O16. The van der Waals surface area contributed by atoms with Crippen molar-refractivity contribution in [1.82, 2.24) is 25.8 Å². The van der Waals surface area contributed by atoms with Gasteiger partial charge in [0.1, 0.15) is 29.7 Å². The smallest absolute Gasteiger partial charge is 0.329 e. The molecule has 0 saturated carbocycles. The summed E-state index contributed by atoms with van der Waals surface area (Å²) in [6.07, 6.45) is 5.53. The van der Waals surface area contributed by atoms with E-state index < -0.39 is 66.2 Å². The zero-order valence-corrected chi connectivity index (χ0v) is 46.2. The molecule has 3 aliphatic rings. The molecule has 21 heteroatoms. The maximum atomic E-state index is 14.5. The summed E-state index contributed by atoms with van der Waals surface area (Å²) in [5.74, 6) is -1.71. The van der Waals surface area contributed by atoms with Crippen molar-refractivity contribution in [2.24, 2.45) is 0 Å². The number of carbonyl (C=O) groups excluding carboxylic acids is 8. The Hall–Kier alpha value is -8.36. The fourth-order valence-electron chi connectivity index (χ4n) is 10.2. The molecule has 428 valence electrons. The van der Waals surface area contributed by atoms with Gasteiger partial charge in [-0.15, -0.1) is 0 Å². The lowest BCUT2D eigenvalue weighted by atomic mass is 9.91. The Kier molecular flexibility index (Phi) is 21.1. The summed E-state index contributed by atoms with van der Waals surface area (Å²) in [4.78, 5) is 107. The molecule has 4 atom stereocenters. The normalized spacial score (nSPS) is 16.6. The lowest BCUT2D eigenvalue weighted by Gasteiger charge is -2.37. The minimum atomic E-state index is -1.12. The highest BCUT2D eigenvalue weighted by Crippen LogP contribution is 2.42. The molecule has 3 aliphatic heterocycles. The summed E-state index contributed by atoms with van der Waals surface area (Å²) in [6, 6.07) is 18.7. The number of aryl methyl sites for hydroxylation is 1. The Morgan fingerprint density at radius 2 is 1.34 bits per heavy atom. The molecule has 3 heterocycles. The van der Waals surface area contributed by atoms with E-state index in [4.69, 9.17) is 37.9 Å². The first-order chi connectivity index (χ1) is 38.7. The van der Waals surface area contributed by atoms with Crippen molar-refractivity contribution >= 4 is 47.3 Å². The second-order valence-electron chi connectivity index (χ2n) is 19.5. The molecule has 7 rings (SSSR count). The zero-order chi connectivity index (χ0) is 57.3. The van der Waals surface area contributed by atoms with E-state index in [1.54, 1.807) is 55.5 Å². The average Bonchev–Trinajstić information content (AvgIpc) is 3.86. The van der Waals surface area contributed by atoms with Crippen molar-refractivity contribution in [2.75, 3.05) is 68.4 Å². The fraction of sp³-hybridized carbons (Fsp3) is 0.458. The van der Waals surface area contributed by atoms with Gasteiger partial charge in [-0.25, -0.2) is 4.79 Å². The second kappa shape index (κ2) is 28.5. The summed E-state index contributed by atoms with van der Waals surface area (Å²) in [6.45, 7) is 2.48. The van der Waals surface area contributed by atoms with E-state index in [-0.39, 0.29) is 48.1 Å². The molecule has 0 radical (unpaired) electrons. The lowest BCUT2D eigenvalue weighted by molar-refractivity contribution is -0.162. The van der Waals surface area contributed by atoms with Crippen LogP contribution in [0.5, 0.6) is 40.2 Å². The van der Waals surface area contributed by atoms with Gasteiger partial charge in [0, 0.05) is 26.1 Å². The number of benzene rings is 4. The number of piperidine rings is 2. The van der Waals surface area contributed by atoms with Gasteiger partial charge in [0.05, 0.1) is 52.6 Å². The van der Waals surface area contributed by atoms with Gasteiger partial charge in [0.25, 0.3) is 23.6 Å². The number of nitrogens with one attached hydrogen (secondary N) is 3. The topological polar surface area (TPSA) is 253 Å². The van der Waals surface area contributed by atoms with Crippen LogP contribution < -0.4 is 49.1 Å². The van der Waals surface area contributed by atoms with Crippen LogP contribution in [0.15, 0.2) is 72.8 Å².